The van der Waals surface area contributed by atoms with Crippen LogP contribution in [-0.4, -0.2) is 70.5 Å². The smallest absolute Gasteiger partial charge is 0.338 e. The lowest BCUT2D eigenvalue weighted by atomic mass is 9.73. The molecule has 10 nitrogen and oxygen atoms in total. The molecule has 0 bridgehead atoms. The molecule has 1 atom stereocenters. The summed E-state index contributed by atoms with van der Waals surface area (Å²) in [7, 11) is 3.83. The largest absolute Gasteiger partial charge is 0.456 e. The van der Waals surface area contributed by atoms with Crippen molar-refractivity contribution in [2.75, 3.05) is 39.3 Å². The molecule has 1 aromatic carbocycles. The van der Waals surface area contributed by atoms with Gasteiger partial charge in [0.05, 0.1) is 37.0 Å². The molecule has 0 aliphatic heterocycles. The van der Waals surface area contributed by atoms with E-state index < -0.39 is 12.0 Å². The van der Waals surface area contributed by atoms with Crippen LogP contribution < -0.4 is 5.32 Å². The Kier molecular flexibility index (Phi) is 11.5. The van der Waals surface area contributed by atoms with Crippen LogP contribution in [0.25, 0.3) is 11.3 Å². The standard InChI is InChI=1S/C38H44F2N5O5/c1-25-20-31(43-34(21-25)44-33-22-28(35(39)40)16-17-41-33)29-12-15-32(42-23-29)38(2,48)30-13-10-27(11-14-30)37(47)50-24-45(3,4)18-19-49-36(46)26-8-6-5-7-9-26/h5-9,12,15-17,20-23,27,30,35,48H,10-11,13-14,18-19,24H2,1-4H3,(H,41,43,44)/q+1/t27?,30?,38-/m1/s1. The van der Waals surface area contributed by atoms with Gasteiger partial charge in [-0.05, 0) is 99.5 Å². The van der Waals surface area contributed by atoms with Crippen molar-refractivity contribution in [3.63, 3.8) is 0 Å². The van der Waals surface area contributed by atoms with Gasteiger partial charge >= 0.3 is 11.9 Å². The van der Waals surface area contributed by atoms with E-state index in [0.29, 0.717) is 59.5 Å². The first-order valence-corrected chi connectivity index (χ1v) is 16.7. The summed E-state index contributed by atoms with van der Waals surface area (Å²) in [6.07, 6.45) is 2.85. The van der Waals surface area contributed by atoms with Gasteiger partial charge < -0.3 is 19.9 Å². The van der Waals surface area contributed by atoms with Crippen molar-refractivity contribution in [1.29, 1.82) is 0 Å². The Morgan fingerprint density at radius 2 is 1.72 bits per heavy atom. The van der Waals surface area contributed by atoms with Gasteiger partial charge in [0.15, 0.2) is 0 Å². The molecule has 12 heteroatoms. The van der Waals surface area contributed by atoms with Gasteiger partial charge in [-0.15, -0.1) is 0 Å². The van der Waals surface area contributed by atoms with E-state index >= 15 is 0 Å². The number of anilines is 2. The molecular formula is C38H44F2N5O5+. The predicted molar refractivity (Wildman–Crippen MR) is 184 cm³/mol. The highest BCUT2D eigenvalue weighted by Crippen LogP contribution is 2.41. The van der Waals surface area contributed by atoms with Crippen molar-refractivity contribution in [3.8, 4) is 11.3 Å². The Balaban J connectivity index is 1.12. The molecule has 0 unspecified atom stereocenters. The second-order valence-corrected chi connectivity index (χ2v) is 13.7. The quantitative estimate of drug-likeness (QED) is 0.0871. The maximum Gasteiger partial charge on any atom is 0.338 e. The number of rotatable bonds is 13. The molecule has 1 aliphatic carbocycles. The third-order valence-electron chi connectivity index (χ3n) is 9.19. The van der Waals surface area contributed by atoms with E-state index in [1.165, 1.54) is 18.3 Å². The molecule has 0 amide bonds. The number of likely N-dealkylation sites (N-methyl/N-ethyl adjacent to an activating group) is 1. The number of pyridine rings is 3. The summed E-state index contributed by atoms with van der Waals surface area (Å²) < 4.78 is 37.7. The van der Waals surface area contributed by atoms with Crippen molar-refractivity contribution in [2.24, 2.45) is 11.8 Å². The van der Waals surface area contributed by atoms with Crippen LogP contribution in [0.3, 0.4) is 0 Å². The number of ether oxygens (including phenoxy) is 2. The number of quaternary nitrogens is 1. The molecule has 1 aliphatic rings. The number of nitrogens with one attached hydrogen (secondary N) is 1. The number of benzene rings is 1. The average molecular weight is 689 g/mol. The van der Waals surface area contributed by atoms with Crippen LogP contribution in [0.1, 0.15) is 66.2 Å². The normalized spacial score (nSPS) is 17.5. The summed E-state index contributed by atoms with van der Waals surface area (Å²) >= 11 is 0. The number of aromatic nitrogens is 3. The minimum atomic E-state index is -2.60. The Labute approximate surface area is 291 Å². The van der Waals surface area contributed by atoms with E-state index in [2.05, 4.69) is 20.3 Å². The molecule has 264 valence electrons. The molecule has 50 heavy (non-hydrogen) atoms. The summed E-state index contributed by atoms with van der Waals surface area (Å²) in [6.45, 7) is 4.51. The van der Waals surface area contributed by atoms with Crippen molar-refractivity contribution >= 4 is 23.6 Å². The van der Waals surface area contributed by atoms with Gasteiger partial charge in [-0.1, -0.05) is 18.2 Å². The molecule has 3 heterocycles. The maximum atomic E-state index is 13.1. The monoisotopic (exact) mass is 688 g/mol. The first-order chi connectivity index (χ1) is 23.8. The number of carbonyl (C=O) groups excluding carboxylic acids is 2. The minimum Gasteiger partial charge on any atom is -0.456 e. The minimum absolute atomic E-state index is 0.0965. The van der Waals surface area contributed by atoms with Crippen LogP contribution in [0.2, 0.25) is 0 Å². The summed E-state index contributed by atoms with van der Waals surface area (Å²) in [4.78, 5) is 38.5. The summed E-state index contributed by atoms with van der Waals surface area (Å²) in [5.41, 5.74) is 1.94. The number of alkyl halides is 2. The number of hydrogen-bond acceptors (Lipinski definition) is 9. The number of aryl methyl sites for hydroxylation is 1. The molecule has 0 saturated heterocycles. The number of carbonyl (C=O) groups is 2. The van der Waals surface area contributed by atoms with Gasteiger partial charge in [-0.25, -0.2) is 23.5 Å². The molecule has 1 saturated carbocycles. The molecule has 1 fully saturated rings. The number of nitrogens with zero attached hydrogens (tertiary/aromatic N) is 4. The highest BCUT2D eigenvalue weighted by atomic mass is 19.3. The Morgan fingerprint density at radius 3 is 2.40 bits per heavy atom. The number of halogens is 2. The highest BCUT2D eigenvalue weighted by molar-refractivity contribution is 5.89. The van der Waals surface area contributed by atoms with Gasteiger partial charge in [-0.2, -0.15) is 0 Å². The van der Waals surface area contributed by atoms with E-state index in [1.807, 2.05) is 39.2 Å². The van der Waals surface area contributed by atoms with Gasteiger partial charge in [0.1, 0.15) is 30.4 Å². The van der Waals surface area contributed by atoms with Crippen LogP contribution in [0.4, 0.5) is 20.4 Å². The lowest BCUT2D eigenvalue weighted by Crippen LogP contribution is -2.45. The highest BCUT2D eigenvalue weighted by Gasteiger charge is 2.39. The summed E-state index contributed by atoms with van der Waals surface area (Å²) in [5.74, 6) is -0.268. The van der Waals surface area contributed by atoms with Gasteiger partial charge in [0.2, 0.25) is 6.73 Å². The summed E-state index contributed by atoms with van der Waals surface area (Å²) in [6, 6.07) is 18.7. The lowest BCUT2D eigenvalue weighted by Gasteiger charge is -2.37. The zero-order valence-corrected chi connectivity index (χ0v) is 28.8. The topological polar surface area (TPSA) is 124 Å². The molecule has 0 radical (unpaired) electrons. The fourth-order valence-electron chi connectivity index (χ4n) is 6.07. The van der Waals surface area contributed by atoms with E-state index in [1.54, 1.807) is 49.5 Å². The van der Waals surface area contributed by atoms with Crippen LogP contribution >= 0.6 is 0 Å². The second kappa shape index (κ2) is 15.8. The molecule has 0 spiro atoms. The average Bonchev–Trinajstić information content (AvgIpc) is 3.11. The van der Waals surface area contributed by atoms with Gasteiger partial charge in [0.25, 0.3) is 6.43 Å². The van der Waals surface area contributed by atoms with Crippen LogP contribution in [0, 0.1) is 18.8 Å². The van der Waals surface area contributed by atoms with Gasteiger partial charge in [-0.3, -0.25) is 14.3 Å². The number of esters is 2. The van der Waals surface area contributed by atoms with Crippen LogP contribution in [-0.2, 0) is 19.9 Å². The number of hydrogen-bond donors (Lipinski definition) is 2. The fourth-order valence-corrected chi connectivity index (χ4v) is 6.07. The first kappa shape index (κ1) is 36.5. The molecule has 3 aromatic heterocycles. The Bertz CT molecular complexity index is 1760. The second-order valence-electron chi connectivity index (χ2n) is 13.7. The lowest BCUT2D eigenvalue weighted by molar-refractivity contribution is -0.907. The molecule has 4 aromatic rings. The molecule has 5 rings (SSSR count). The van der Waals surface area contributed by atoms with E-state index in [9.17, 15) is 23.5 Å². The Morgan fingerprint density at radius 1 is 0.980 bits per heavy atom. The fraction of sp³-hybridized carbons (Fsp3) is 0.395. The van der Waals surface area contributed by atoms with Crippen LogP contribution in [0.15, 0.2) is 79.1 Å². The van der Waals surface area contributed by atoms with Crippen molar-refractivity contribution < 1.29 is 37.4 Å². The Hall–Kier alpha value is -4.81. The van der Waals surface area contributed by atoms with E-state index in [0.717, 1.165) is 11.1 Å². The summed E-state index contributed by atoms with van der Waals surface area (Å²) in [5, 5.41) is 14.6. The first-order valence-electron chi connectivity index (χ1n) is 16.7. The van der Waals surface area contributed by atoms with E-state index in [-0.39, 0.29) is 48.5 Å². The number of aliphatic hydroxyl groups is 1. The molecule has 2 N–H and O–H groups in total. The zero-order chi connectivity index (χ0) is 35.9. The SMILES string of the molecule is Cc1cc(Nc2cc(C(F)F)ccn2)nc(-c2ccc([C@](C)(O)C3CCC(C(=O)OC[N+](C)(C)CCOC(=O)c4ccccc4)CC3)nc2)c1. The predicted octanol–water partition coefficient (Wildman–Crippen LogP) is 6.98. The van der Waals surface area contributed by atoms with Crippen molar-refractivity contribution in [3.05, 3.63) is 102 Å². The molecular weight excluding hydrogens is 644 g/mol. The zero-order valence-electron chi connectivity index (χ0n) is 28.8. The third-order valence-corrected chi connectivity index (χ3v) is 9.19. The van der Waals surface area contributed by atoms with Gasteiger partial charge in [0, 0.05) is 23.5 Å². The van der Waals surface area contributed by atoms with Crippen molar-refractivity contribution in [2.45, 2.75) is 51.6 Å². The third kappa shape index (κ3) is 9.45. The van der Waals surface area contributed by atoms with Crippen molar-refractivity contribution in [1.82, 2.24) is 15.0 Å². The van der Waals surface area contributed by atoms with E-state index in [4.69, 9.17) is 9.47 Å². The van der Waals surface area contributed by atoms with Crippen LogP contribution in [0.5, 0.6) is 0 Å². The maximum absolute atomic E-state index is 13.1.